The smallest absolute Gasteiger partial charge is 0.123 e. The Balaban J connectivity index is 1.75. The van der Waals surface area contributed by atoms with Gasteiger partial charge in [0.15, 0.2) is 0 Å². The second-order valence-electron chi connectivity index (χ2n) is 4.22. The minimum absolute atomic E-state index is 0.677. The fourth-order valence-corrected chi connectivity index (χ4v) is 2.20. The van der Waals surface area contributed by atoms with E-state index in [0.29, 0.717) is 5.82 Å². The Morgan fingerprint density at radius 2 is 1.94 bits per heavy atom. The van der Waals surface area contributed by atoms with Crippen LogP contribution in [0.5, 0.6) is 0 Å². The third-order valence-corrected chi connectivity index (χ3v) is 3.05. The number of nitrogens with zero attached hydrogens (tertiary/aromatic N) is 2. The molecule has 2 heterocycles. The molecule has 0 atom stereocenters. The summed E-state index contributed by atoms with van der Waals surface area (Å²) < 4.78 is 0. The molecule has 0 saturated heterocycles. The van der Waals surface area contributed by atoms with Crippen molar-refractivity contribution in [3.63, 3.8) is 0 Å². The van der Waals surface area contributed by atoms with Crippen molar-refractivity contribution in [3.8, 4) is 0 Å². The van der Waals surface area contributed by atoms with Crippen molar-refractivity contribution in [3.05, 3.63) is 47.2 Å². The van der Waals surface area contributed by atoms with Crippen LogP contribution in [0.15, 0.2) is 30.5 Å². The van der Waals surface area contributed by atoms with Crippen molar-refractivity contribution >= 4 is 5.82 Å². The molecular weight excluding hydrogens is 200 g/mol. The van der Waals surface area contributed by atoms with Gasteiger partial charge in [-0.05, 0) is 11.1 Å². The second-order valence-corrected chi connectivity index (χ2v) is 4.22. The number of hydrogen-bond acceptors (Lipinski definition) is 3. The quantitative estimate of drug-likeness (QED) is 0.796. The van der Waals surface area contributed by atoms with E-state index in [2.05, 4.69) is 39.4 Å². The number of hydrogen-bond donors (Lipinski definition) is 2. The minimum Gasteiger partial charge on any atom is -0.384 e. The maximum atomic E-state index is 5.78. The highest BCUT2D eigenvalue weighted by Gasteiger charge is 2.19. The van der Waals surface area contributed by atoms with E-state index in [1.165, 1.54) is 11.1 Å². The fraction of sp³-hybridized carbons (Fsp3) is 0.250. The van der Waals surface area contributed by atoms with Crippen LogP contribution in [0.2, 0.25) is 0 Å². The number of nitrogen functional groups attached to an aromatic ring is 1. The van der Waals surface area contributed by atoms with Crippen LogP contribution in [0.3, 0.4) is 0 Å². The molecule has 4 nitrogen and oxygen atoms in total. The molecule has 1 aromatic heterocycles. The Kier molecular flexibility index (Phi) is 2.15. The minimum atomic E-state index is 0.677. The molecule has 0 bridgehead atoms. The van der Waals surface area contributed by atoms with Crippen molar-refractivity contribution in [1.29, 1.82) is 0 Å². The Morgan fingerprint density at radius 1 is 1.25 bits per heavy atom. The Bertz CT molecular complexity index is 478. The van der Waals surface area contributed by atoms with Gasteiger partial charge in [-0.2, -0.15) is 5.10 Å². The molecule has 0 unspecified atom stereocenters. The first-order valence-corrected chi connectivity index (χ1v) is 5.40. The Labute approximate surface area is 94.1 Å². The van der Waals surface area contributed by atoms with Crippen molar-refractivity contribution in [2.45, 2.75) is 19.6 Å². The number of H-pyrrole nitrogens is 1. The van der Waals surface area contributed by atoms with Gasteiger partial charge in [0.2, 0.25) is 0 Å². The van der Waals surface area contributed by atoms with E-state index in [0.717, 1.165) is 25.2 Å². The van der Waals surface area contributed by atoms with E-state index >= 15 is 0 Å². The maximum absolute atomic E-state index is 5.78. The lowest BCUT2D eigenvalue weighted by atomic mass is 10.1. The maximum Gasteiger partial charge on any atom is 0.123 e. The molecule has 0 spiro atoms. The molecule has 0 amide bonds. The number of aromatic nitrogens is 2. The summed E-state index contributed by atoms with van der Waals surface area (Å²) in [6.45, 7) is 2.86. The topological polar surface area (TPSA) is 57.9 Å². The van der Waals surface area contributed by atoms with Crippen LogP contribution >= 0.6 is 0 Å². The first kappa shape index (κ1) is 9.42. The van der Waals surface area contributed by atoms with Gasteiger partial charge < -0.3 is 5.73 Å². The number of anilines is 1. The number of aromatic amines is 1. The first-order valence-electron chi connectivity index (χ1n) is 5.40. The van der Waals surface area contributed by atoms with Crippen molar-refractivity contribution in [2.24, 2.45) is 0 Å². The van der Waals surface area contributed by atoms with Gasteiger partial charge in [-0.15, -0.1) is 0 Å². The highest BCUT2D eigenvalue weighted by Crippen LogP contribution is 2.24. The standard InChI is InChI=1S/C12H14N4/c13-12-11(5-14-15-12)8-16-6-9-3-1-2-4-10(9)7-16/h1-5H,6-8H2,(H3,13,14,15). The summed E-state index contributed by atoms with van der Waals surface area (Å²) in [4.78, 5) is 2.37. The fourth-order valence-electron chi connectivity index (χ4n) is 2.20. The van der Waals surface area contributed by atoms with E-state index in [-0.39, 0.29) is 0 Å². The molecule has 1 aromatic carbocycles. The van der Waals surface area contributed by atoms with Gasteiger partial charge >= 0.3 is 0 Å². The number of rotatable bonds is 2. The Hall–Kier alpha value is -1.81. The summed E-state index contributed by atoms with van der Waals surface area (Å²) in [6, 6.07) is 8.56. The average Bonchev–Trinajstić information content (AvgIpc) is 2.85. The summed E-state index contributed by atoms with van der Waals surface area (Å²) in [7, 11) is 0. The SMILES string of the molecule is Nc1[nH]ncc1CN1Cc2ccccc2C1. The van der Waals surface area contributed by atoms with Gasteiger partial charge in [-0.3, -0.25) is 10.00 Å². The van der Waals surface area contributed by atoms with Crippen molar-refractivity contribution in [2.75, 3.05) is 5.73 Å². The van der Waals surface area contributed by atoms with Gasteiger partial charge in [-0.1, -0.05) is 24.3 Å². The zero-order valence-electron chi connectivity index (χ0n) is 8.98. The molecule has 2 aromatic rings. The van der Waals surface area contributed by atoms with Crippen LogP contribution in [0, 0.1) is 0 Å². The molecule has 3 rings (SSSR count). The van der Waals surface area contributed by atoms with Crippen molar-refractivity contribution in [1.82, 2.24) is 15.1 Å². The van der Waals surface area contributed by atoms with Gasteiger partial charge in [0.1, 0.15) is 5.82 Å². The molecule has 1 aliphatic heterocycles. The third kappa shape index (κ3) is 1.57. The average molecular weight is 214 g/mol. The molecule has 0 fully saturated rings. The second kappa shape index (κ2) is 3.64. The largest absolute Gasteiger partial charge is 0.384 e. The van der Waals surface area contributed by atoms with Gasteiger partial charge in [0.25, 0.3) is 0 Å². The summed E-state index contributed by atoms with van der Waals surface area (Å²) in [6.07, 6.45) is 1.80. The highest BCUT2D eigenvalue weighted by molar-refractivity contribution is 5.37. The number of nitrogens with two attached hydrogens (primary N) is 1. The summed E-state index contributed by atoms with van der Waals surface area (Å²) >= 11 is 0. The highest BCUT2D eigenvalue weighted by atomic mass is 15.2. The van der Waals surface area contributed by atoms with Crippen LogP contribution in [-0.2, 0) is 19.6 Å². The van der Waals surface area contributed by atoms with E-state index in [1.54, 1.807) is 6.20 Å². The lowest BCUT2D eigenvalue weighted by Gasteiger charge is -2.13. The van der Waals surface area contributed by atoms with E-state index in [1.807, 2.05) is 0 Å². The molecule has 0 radical (unpaired) electrons. The van der Waals surface area contributed by atoms with Gasteiger partial charge in [-0.25, -0.2) is 0 Å². The first-order chi connectivity index (χ1) is 7.83. The predicted octanol–water partition coefficient (Wildman–Crippen LogP) is 1.51. The Morgan fingerprint density at radius 3 is 2.50 bits per heavy atom. The lowest BCUT2D eigenvalue weighted by Crippen LogP contribution is -2.16. The molecule has 4 heteroatoms. The summed E-state index contributed by atoms with van der Waals surface area (Å²) in [5, 5.41) is 6.70. The normalized spacial score (nSPS) is 15.2. The molecule has 1 aliphatic rings. The van der Waals surface area contributed by atoms with Gasteiger partial charge in [0.05, 0.1) is 6.20 Å². The third-order valence-electron chi connectivity index (χ3n) is 3.05. The lowest BCUT2D eigenvalue weighted by molar-refractivity contribution is 0.276. The van der Waals surface area contributed by atoms with Crippen LogP contribution in [0.4, 0.5) is 5.82 Å². The van der Waals surface area contributed by atoms with Crippen LogP contribution in [0.25, 0.3) is 0 Å². The number of benzene rings is 1. The monoisotopic (exact) mass is 214 g/mol. The van der Waals surface area contributed by atoms with Crippen LogP contribution < -0.4 is 5.73 Å². The molecule has 16 heavy (non-hydrogen) atoms. The number of nitrogens with one attached hydrogen (secondary N) is 1. The molecular formula is C12H14N4. The zero-order chi connectivity index (χ0) is 11.0. The molecule has 82 valence electrons. The number of fused-ring (bicyclic) bond motifs is 1. The summed E-state index contributed by atoms with van der Waals surface area (Å²) in [5.74, 6) is 0.677. The zero-order valence-corrected chi connectivity index (χ0v) is 8.98. The van der Waals surface area contributed by atoms with Crippen LogP contribution in [-0.4, -0.2) is 15.1 Å². The molecule has 0 saturated carbocycles. The van der Waals surface area contributed by atoms with Crippen LogP contribution in [0.1, 0.15) is 16.7 Å². The molecule has 0 aliphatic carbocycles. The molecule has 3 N–H and O–H groups in total. The van der Waals surface area contributed by atoms with E-state index in [4.69, 9.17) is 5.73 Å². The van der Waals surface area contributed by atoms with E-state index in [9.17, 15) is 0 Å². The van der Waals surface area contributed by atoms with Crippen molar-refractivity contribution < 1.29 is 0 Å². The van der Waals surface area contributed by atoms with E-state index < -0.39 is 0 Å². The van der Waals surface area contributed by atoms with Gasteiger partial charge in [0, 0.05) is 25.2 Å². The predicted molar refractivity (Wildman–Crippen MR) is 62.4 cm³/mol. The summed E-state index contributed by atoms with van der Waals surface area (Å²) in [5.41, 5.74) is 9.70.